The SMILES string of the molecule is COC(=O)[C@H]1C[C@@H]2C(=O)C=CC[C@@H]2N1C(=O)OCc1ccccc1. The van der Waals surface area contributed by atoms with E-state index in [1.165, 1.54) is 18.1 Å². The number of carbonyl (C=O) groups excluding carboxylic acids is 3. The highest BCUT2D eigenvalue weighted by Crippen LogP contribution is 2.36. The Morgan fingerprint density at radius 1 is 1.25 bits per heavy atom. The molecule has 6 heteroatoms. The van der Waals surface area contributed by atoms with Crippen LogP contribution in [-0.4, -0.2) is 41.9 Å². The fourth-order valence-electron chi connectivity index (χ4n) is 3.37. The zero-order chi connectivity index (χ0) is 17.1. The number of hydrogen-bond donors (Lipinski definition) is 0. The average Bonchev–Trinajstić information content (AvgIpc) is 3.01. The second kappa shape index (κ2) is 6.86. The van der Waals surface area contributed by atoms with Gasteiger partial charge in [-0.25, -0.2) is 9.59 Å². The molecule has 1 aromatic carbocycles. The molecule has 24 heavy (non-hydrogen) atoms. The zero-order valence-electron chi connectivity index (χ0n) is 13.4. The highest BCUT2D eigenvalue weighted by molar-refractivity contribution is 5.95. The number of rotatable bonds is 3. The Hall–Kier alpha value is -2.63. The first-order valence-corrected chi connectivity index (χ1v) is 7.89. The third kappa shape index (κ3) is 3.04. The highest BCUT2D eigenvalue weighted by Gasteiger charge is 2.50. The van der Waals surface area contributed by atoms with E-state index in [0.717, 1.165) is 5.56 Å². The monoisotopic (exact) mass is 329 g/mol. The van der Waals surface area contributed by atoms with E-state index in [1.807, 2.05) is 30.3 Å². The summed E-state index contributed by atoms with van der Waals surface area (Å²) < 4.78 is 10.2. The van der Waals surface area contributed by atoms with Gasteiger partial charge in [-0.1, -0.05) is 36.4 Å². The van der Waals surface area contributed by atoms with E-state index in [4.69, 9.17) is 9.47 Å². The van der Waals surface area contributed by atoms with Gasteiger partial charge >= 0.3 is 12.1 Å². The predicted octanol–water partition coefficient (Wildman–Crippen LogP) is 2.08. The third-order valence-corrected chi connectivity index (χ3v) is 4.55. The number of methoxy groups -OCH3 is 1. The molecule has 0 bridgehead atoms. The Morgan fingerprint density at radius 2 is 2.00 bits per heavy atom. The van der Waals surface area contributed by atoms with Gasteiger partial charge in [0.2, 0.25) is 0 Å². The number of fused-ring (bicyclic) bond motifs is 1. The van der Waals surface area contributed by atoms with Crippen LogP contribution in [0.15, 0.2) is 42.5 Å². The van der Waals surface area contributed by atoms with Crippen LogP contribution in [0.25, 0.3) is 0 Å². The Kier molecular flexibility index (Phi) is 4.64. The lowest BCUT2D eigenvalue weighted by atomic mass is 9.88. The van der Waals surface area contributed by atoms with Crippen molar-refractivity contribution in [2.75, 3.05) is 7.11 Å². The van der Waals surface area contributed by atoms with Crippen LogP contribution in [0.3, 0.4) is 0 Å². The maximum absolute atomic E-state index is 12.6. The normalized spacial score (nSPS) is 25.3. The first kappa shape index (κ1) is 16.2. The Labute approximate surface area is 140 Å². The van der Waals surface area contributed by atoms with Crippen molar-refractivity contribution in [2.45, 2.75) is 31.5 Å². The molecule has 3 rings (SSSR count). The van der Waals surface area contributed by atoms with Gasteiger partial charge in [-0.15, -0.1) is 0 Å². The number of allylic oxidation sites excluding steroid dienone is 1. The lowest BCUT2D eigenvalue weighted by Gasteiger charge is -2.30. The van der Waals surface area contributed by atoms with Crippen LogP contribution in [-0.2, 0) is 25.7 Å². The lowest BCUT2D eigenvalue weighted by Crippen LogP contribution is -2.47. The second-order valence-electron chi connectivity index (χ2n) is 5.94. The van der Waals surface area contributed by atoms with Crippen molar-refractivity contribution in [1.82, 2.24) is 4.90 Å². The quantitative estimate of drug-likeness (QED) is 0.794. The Balaban J connectivity index is 1.76. The molecule has 1 aliphatic heterocycles. The van der Waals surface area contributed by atoms with Crippen molar-refractivity contribution in [2.24, 2.45) is 5.92 Å². The number of amides is 1. The van der Waals surface area contributed by atoms with Crippen molar-refractivity contribution >= 4 is 17.8 Å². The van der Waals surface area contributed by atoms with Crippen molar-refractivity contribution in [3.8, 4) is 0 Å². The van der Waals surface area contributed by atoms with Gasteiger partial charge in [0.15, 0.2) is 5.78 Å². The molecule has 0 aromatic heterocycles. The van der Waals surface area contributed by atoms with Crippen LogP contribution >= 0.6 is 0 Å². The first-order chi connectivity index (χ1) is 11.6. The number of benzene rings is 1. The number of carbonyl (C=O) groups is 3. The van der Waals surface area contributed by atoms with E-state index in [0.29, 0.717) is 6.42 Å². The summed E-state index contributed by atoms with van der Waals surface area (Å²) in [4.78, 5) is 38.1. The summed E-state index contributed by atoms with van der Waals surface area (Å²) in [7, 11) is 1.28. The molecule has 0 unspecified atom stereocenters. The number of likely N-dealkylation sites (tertiary alicyclic amines) is 1. The zero-order valence-corrected chi connectivity index (χ0v) is 13.4. The lowest BCUT2D eigenvalue weighted by molar-refractivity contribution is -0.145. The van der Waals surface area contributed by atoms with Gasteiger partial charge in [-0.05, 0) is 24.5 Å². The van der Waals surface area contributed by atoms with Crippen molar-refractivity contribution < 1.29 is 23.9 Å². The molecule has 2 aliphatic rings. The van der Waals surface area contributed by atoms with Crippen molar-refractivity contribution in [3.63, 3.8) is 0 Å². The fourth-order valence-corrected chi connectivity index (χ4v) is 3.37. The highest BCUT2D eigenvalue weighted by atomic mass is 16.6. The summed E-state index contributed by atoms with van der Waals surface area (Å²) in [6.07, 6.45) is 3.48. The first-order valence-electron chi connectivity index (χ1n) is 7.89. The second-order valence-corrected chi connectivity index (χ2v) is 5.94. The maximum Gasteiger partial charge on any atom is 0.411 e. The van der Waals surface area contributed by atoms with E-state index in [-0.39, 0.29) is 30.8 Å². The topological polar surface area (TPSA) is 72.9 Å². The summed E-state index contributed by atoms with van der Waals surface area (Å²) in [5.74, 6) is -0.948. The van der Waals surface area contributed by atoms with Gasteiger partial charge in [0.05, 0.1) is 7.11 Å². The van der Waals surface area contributed by atoms with Crippen LogP contribution in [0.1, 0.15) is 18.4 Å². The number of ether oxygens (including phenoxy) is 2. The van der Waals surface area contributed by atoms with Gasteiger partial charge in [0, 0.05) is 12.0 Å². The molecular weight excluding hydrogens is 310 g/mol. The van der Waals surface area contributed by atoms with Gasteiger partial charge in [-0.3, -0.25) is 9.69 Å². The molecule has 0 radical (unpaired) electrons. The summed E-state index contributed by atoms with van der Waals surface area (Å²) in [6.45, 7) is 0.116. The smallest absolute Gasteiger partial charge is 0.411 e. The summed E-state index contributed by atoms with van der Waals surface area (Å²) in [5, 5.41) is 0. The molecule has 1 heterocycles. The fraction of sp³-hybridized carbons (Fsp3) is 0.389. The Morgan fingerprint density at radius 3 is 2.71 bits per heavy atom. The predicted molar refractivity (Wildman–Crippen MR) is 84.9 cm³/mol. The van der Waals surface area contributed by atoms with E-state index >= 15 is 0 Å². The molecule has 6 nitrogen and oxygen atoms in total. The molecule has 1 saturated heterocycles. The molecular formula is C18H19NO5. The van der Waals surface area contributed by atoms with E-state index < -0.39 is 18.1 Å². The van der Waals surface area contributed by atoms with E-state index in [9.17, 15) is 14.4 Å². The number of hydrogen-bond acceptors (Lipinski definition) is 5. The molecule has 0 N–H and O–H groups in total. The van der Waals surface area contributed by atoms with Crippen molar-refractivity contribution in [1.29, 1.82) is 0 Å². The van der Waals surface area contributed by atoms with Gasteiger partial charge in [0.1, 0.15) is 12.6 Å². The summed E-state index contributed by atoms with van der Waals surface area (Å²) in [6, 6.07) is 8.17. The van der Waals surface area contributed by atoms with Gasteiger partial charge in [0.25, 0.3) is 0 Å². The van der Waals surface area contributed by atoms with Crippen LogP contribution in [0.4, 0.5) is 4.79 Å². The molecule has 1 fully saturated rings. The van der Waals surface area contributed by atoms with Crippen LogP contribution < -0.4 is 0 Å². The average molecular weight is 329 g/mol. The number of nitrogens with zero attached hydrogens (tertiary/aromatic N) is 1. The molecule has 126 valence electrons. The van der Waals surface area contributed by atoms with Crippen LogP contribution in [0, 0.1) is 5.92 Å². The standard InChI is InChI=1S/C18H19NO5/c1-23-17(21)15-10-13-14(8-5-9-16(13)20)19(15)18(22)24-11-12-6-3-2-4-7-12/h2-7,9,13-15H,8,10-11H2,1H3/t13-,14-,15+/m0/s1. The maximum atomic E-state index is 12.6. The van der Waals surface area contributed by atoms with Crippen LogP contribution in [0.5, 0.6) is 0 Å². The number of esters is 1. The molecule has 1 amide bonds. The minimum Gasteiger partial charge on any atom is -0.467 e. The molecule has 1 aromatic rings. The molecule has 0 saturated carbocycles. The van der Waals surface area contributed by atoms with Gasteiger partial charge in [-0.2, -0.15) is 0 Å². The van der Waals surface area contributed by atoms with Crippen molar-refractivity contribution in [3.05, 3.63) is 48.0 Å². The van der Waals surface area contributed by atoms with Crippen LogP contribution in [0.2, 0.25) is 0 Å². The molecule has 0 spiro atoms. The van der Waals surface area contributed by atoms with Gasteiger partial charge < -0.3 is 9.47 Å². The van der Waals surface area contributed by atoms with E-state index in [1.54, 1.807) is 6.08 Å². The van der Waals surface area contributed by atoms with E-state index in [2.05, 4.69) is 0 Å². The Bertz CT molecular complexity index is 669. The largest absolute Gasteiger partial charge is 0.467 e. The molecule has 1 aliphatic carbocycles. The summed E-state index contributed by atoms with van der Waals surface area (Å²) in [5.41, 5.74) is 0.857. The molecule has 3 atom stereocenters. The third-order valence-electron chi connectivity index (χ3n) is 4.55. The summed E-state index contributed by atoms with van der Waals surface area (Å²) >= 11 is 0. The minimum absolute atomic E-state index is 0.0569. The number of ketones is 1. The minimum atomic E-state index is -0.780.